The fourth-order valence-corrected chi connectivity index (χ4v) is 2.55. The van der Waals surface area contributed by atoms with Crippen LogP contribution in [-0.4, -0.2) is 33.4 Å². The van der Waals surface area contributed by atoms with Gasteiger partial charge in [-0.15, -0.1) is 0 Å². The Labute approximate surface area is 118 Å². The number of hydrogen-bond acceptors (Lipinski definition) is 3. The zero-order chi connectivity index (χ0) is 14.4. The molecule has 1 saturated heterocycles. The number of halogens is 2. The lowest BCUT2D eigenvalue weighted by Gasteiger charge is -2.29. The molecule has 1 N–H and O–H groups in total. The Bertz CT molecular complexity index is 411. The van der Waals surface area contributed by atoms with Gasteiger partial charge in [0, 0.05) is 33.3 Å². The predicted octanol–water partition coefficient (Wildman–Crippen LogP) is 2.69. The number of anilines is 1. The van der Waals surface area contributed by atoms with Crippen molar-refractivity contribution in [2.75, 3.05) is 38.3 Å². The zero-order valence-electron chi connectivity index (χ0n) is 11.9. The van der Waals surface area contributed by atoms with E-state index in [4.69, 9.17) is 4.74 Å². The van der Waals surface area contributed by atoms with Gasteiger partial charge in [0.15, 0.2) is 0 Å². The van der Waals surface area contributed by atoms with Crippen LogP contribution in [-0.2, 0) is 11.3 Å². The van der Waals surface area contributed by atoms with Gasteiger partial charge >= 0.3 is 0 Å². The maximum Gasteiger partial charge on any atom is 0.149 e. The van der Waals surface area contributed by atoms with E-state index in [1.165, 1.54) is 12.1 Å². The van der Waals surface area contributed by atoms with Crippen LogP contribution in [0.1, 0.15) is 24.8 Å². The van der Waals surface area contributed by atoms with Gasteiger partial charge in [0.25, 0.3) is 0 Å². The highest BCUT2D eigenvalue weighted by Gasteiger charge is 2.19. The molecule has 5 heteroatoms. The van der Waals surface area contributed by atoms with Crippen molar-refractivity contribution in [3.63, 3.8) is 0 Å². The summed E-state index contributed by atoms with van der Waals surface area (Å²) < 4.78 is 33.2. The summed E-state index contributed by atoms with van der Waals surface area (Å²) in [6.07, 6.45) is 3.14. The van der Waals surface area contributed by atoms with E-state index in [1.807, 2.05) is 4.90 Å². The third kappa shape index (κ3) is 3.90. The topological polar surface area (TPSA) is 24.5 Å². The standard InChI is InChI=1S/C15H22F2N2O/c1-20-8-5-18-11-12-9-13(16)15(14(17)10-12)19-6-3-2-4-7-19/h9-10,18H,2-8,11H2,1H3. The second-order valence-corrected chi connectivity index (χ2v) is 5.13. The molecule has 0 aliphatic carbocycles. The average Bonchev–Trinajstić information content (AvgIpc) is 2.44. The van der Waals surface area contributed by atoms with Gasteiger partial charge in [-0.1, -0.05) is 0 Å². The van der Waals surface area contributed by atoms with Crippen LogP contribution in [0, 0.1) is 11.6 Å². The molecule has 0 aromatic heterocycles. The lowest BCUT2D eigenvalue weighted by Crippen LogP contribution is -2.31. The molecule has 0 saturated carbocycles. The fraction of sp³-hybridized carbons (Fsp3) is 0.600. The van der Waals surface area contributed by atoms with Crippen molar-refractivity contribution in [2.24, 2.45) is 0 Å². The normalized spacial score (nSPS) is 15.7. The van der Waals surface area contributed by atoms with Crippen molar-refractivity contribution in [3.05, 3.63) is 29.3 Å². The lowest BCUT2D eigenvalue weighted by molar-refractivity contribution is 0.199. The van der Waals surface area contributed by atoms with E-state index in [0.717, 1.165) is 32.4 Å². The Morgan fingerprint density at radius 2 is 1.80 bits per heavy atom. The van der Waals surface area contributed by atoms with Crippen LogP contribution in [0.5, 0.6) is 0 Å². The van der Waals surface area contributed by atoms with Crippen molar-refractivity contribution in [1.82, 2.24) is 5.32 Å². The van der Waals surface area contributed by atoms with Crippen molar-refractivity contribution >= 4 is 5.69 Å². The highest BCUT2D eigenvalue weighted by molar-refractivity contribution is 5.51. The Morgan fingerprint density at radius 1 is 1.15 bits per heavy atom. The minimum atomic E-state index is -0.463. The van der Waals surface area contributed by atoms with Crippen molar-refractivity contribution in [3.8, 4) is 0 Å². The first-order valence-corrected chi connectivity index (χ1v) is 7.15. The molecule has 0 radical (unpaired) electrons. The van der Waals surface area contributed by atoms with Crippen molar-refractivity contribution in [2.45, 2.75) is 25.8 Å². The van der Waals surface area contributed by atoms with E-state index in [1.54, 1.807) is 7.11 Å². The van der Waals surface area contributed by atoms with Gasteiger partial charge in [-0.2, -0.15) is 0 Å². The number of nitrogens with one attached hydrogen (secondary N) is 1. The van der Waals surface area contributed by atoms with Crippen LogP contribution < -0.4 is 10.2 Å². The summed E-state index contributed by atoms with van der Waals surface area (Å²) in [5.74, 6) is -0.925. The molecule has 1 aliphatic rings. The lowest BCUT2D eigenvalue weighted by atomic mass is 10.1. The number of benzene rings is 1. The third-order valence-electron chi connectivity index (χ3n) is 3.56. The Kier molecular flexibility index (Phi) is 5.73. The summed E-state index contributed by atoms with van der Waals surface area (Å²) in [6.45, 7) is 3.15. The molecule has 2 rings (SSSR count). The van der Waals surface area contributed by atoms with Gasteiger partial charge in [-0.05, 0) is 37.0 Å². The molecule has 20 heavy (non-hydrogen) atoms. The first-order chi connectivity index (χ1) is 9.72. The second kappa shape index (κ2) is 7.55. The molecule has 0 spiro atoms. The second-order valence-electron chi connectivity index (χ2n) is 5.13. The molecule has 0 unspecified atom stereocenters. The Hall–Kier alpha value is -1.20. The minimum Gasteiger partial charge on any atom is -0.383 e. The monoisotopic (exact) mass is 284 g/mol. The molecular formula is C15H22F2N2O. The molecule has 1 aromatic rings. The average molecular weight is 284 g/mol. The van der Waals surface area contributed by atoms with Crippen LogP contribution in [0.3, 0.4) is 0 Å². The largest absolute Gasteiger partial charge is 0.383 e. The smallest absolute Gasteiger partial charge is 0.149 e. The van der Waals surface area contributed by atoms with Crippen LogP contribution in [0.25, 0.3) is 0 Å². The van der Waals surface area contributed by atoms with Gasteiger partial charge in [-0.3, -0.25) is 0 Å². The van der Waals surface area contributed by atoms with Gasteiger partial charge < -0.3 is 15.0 Å². The van der Waals surface area contributed by atoms with Crippen molar-refractivity contribution < 1.29 is 13.5 Å². The van der Waals surface area contributed by atoms with Crippen molar-refractivity contribution in [1.29, 1.82) is 0 Å². The van der Waals surface area contributed by atoms with Crippen LogP contribution in [0.2, 0.25) is 0 Å². The summed E-state index contributed by atoms with van der Waals surface area (Å²) in [7, 11) is 1.62. The predicted molar refractivity (Wildman–Crippen MR) is 76.0 cm³/mol. The number of ether oxygens (including phenoxy) is 1. The summed E-state index contributed by atoms with van der Waals surface area (Å²) in [5, 5.41) is 3.08. The molecule has 0 bridgehead atoms. The molecule has 1 aliphatic heterocycles. The van der Waals surface area contributed by atoms with E-state index in [0.29, 0.717) is 25.3 Å². The highest BCUT2D eigenvalue weighted by Crippen LogP contribution is 2.27. The molecule has 0 amide bonds. The van der Waals surface area contributed by atoms with Gasteiger partial charge in [-0.25, -0.2) is 8.78 Å². The molecule has 1 heterocycles. The zero-order valence-corrected chi connectivity index (χ0v) is 11.9. The van der Waals surface area contributed by atoms with Crippen LogP contribution in [0.15, 0.2) is 12.1 Å². The number of hydrogen-bond donors (Lipinski definition) is 1. The van der Waals surface area contributed by atoms with Crippen LogP contribution in [0.4, 0.5) is 14.5 Å². The van der Waals surface area contributed by atoms with E-state index in [9.17, 15) is 8.78 Å². The Morgan fingerprint density at radius 3 is 2.40 bits per heavy atom. The summed E-state index contributed by atoms with van der Waals surface area (Å²) >= 11 is 0. The van der Waals surface area contributed by atoms with E-state index < -0.39 is 11.6 Å². The van der Waals surface area contributed by atoms with E-state index >= 15 is 0 Å². The molecule has 1 aromatic carbocycles. The van der Waals surface area contributed by atoms with E-state index in [2.05, 4.69) is 5.32 Å². The number of nitrogens with zero attached hydrogens (tertiary/aromatic N) is 1. The molecule has 1 fully saturated rings. The maximum atomic E-state index is 14.1. The molecule has 0 atom stereocenters. The summed E-state index contributed by atoms with van der Waals surface area (Å²) in [6, 6.07) is 2.85. The summed E-state index contributed by atoms with van der Waals surface area (Å²) in [4.78, 5) is 1.82. The number of methoxy groups -OCH3 is 1. The highest BCUT2D eigenvalue weighted by atomic mass is 19.1. The Balaban J connectivity index is 2.04. The maximum absolute atomic E-state index is 14.1. The summed E-state index contributed by atoms with van der Waals surface area (Å²) in [5.41, 5.74) is 0.752. The quantitative estimate of drug-likeness (QED) is 0.813. The first kappa shape index (κ1) is 15.2. The van der Waals surface area contributed by atoms with Gasteiger partial charge in [0.1, 0.15) is 17.3 Å². The molecular weight excluding hydrogens is 262 g/mol. The number of piperidine rings is 1. The fourth-order valence-electron chi connectivity index (χ4n) is 2.55. The third-order valence-corrected chi connectivity index (χ3v) is 3.56. The van der Waals surface area contributed by atoms with Gasteiger partial charge in [0.05, 0.1) is 6.61 Å². The number of rotatable bonds is 6. The van der Waals surface area contributed by atoms with E-state index in [-0.39, 0.29) is 5.69 Å². The van der Waals surface area contributed by atoms with Gasteiger partial charge in [0.2, 0.25) is 0 Å². The minimum absolute atomic E-state index is 0.130. The van der Waals surface area contributed by atoms with Crippen LogP contribution >= 0.6 is 0 Å². The molecule has 3 nitrogen and oxygen atoms in total. The molecule has 112 valence electrons. The SMILES string of the molecule is COCCNCc1cc(F)c(N2CCCCC2)c(F)c1. The first-order valence-electron chi connectivity index (χ1n) is 7.15.